The van der Waals surface area contributed by atoms with E-state index in [1.807, 2.05) is 0 Å². The number of H-pyrrole nitrogens is 1. The third-order valence-electron chi connectivity index (χ3n) is 4.83. The summed E-state index contributed by atoms with van der Waals surface area (Å²) >= 11 is 0. The van der Waals surface area contributed by atoms with Crippen LogP contribution in [0, 0.1) is 6.92 Å². The molecule has 2 aromatic heterocycles. The predicted octanol–water partition coefficient (Wildman–Crippen LogP) is -0.451. The fraction of sp³-hybridized carbons (Fsp3) is 0.600. The summed E-state index contributed by atoms with van der Waals surface area (Å²) in [6.07, 6.45) is -1.62. The number of nitrogen functional groups attached to an aromatic ring is 1. The van der Waals surface area contributed by atoms with E-state index in [0.29, 0.717) is 16.6 Å². The van der Waals surface area contributed by atoms with Gasteiger partial charge in [-0.25, -0.2) is 0 Å². The lowest BCUT2D eigenvalue weighted by atomic mass is 9.96. The fourth-order valence-electron chi connectivity index (χ4n) is 3.32. The first-order valence-electron chi connectivity index (χ1n) is 8.18. The molecule has 150 valence electrons. The quantitative estimate of drug-likeness (QED) is 0.402. The van der Waals surface area contributed by atoms with Crippen molar-refractivity contribution in [3.05, 3.63) is 22.1 Å². The third kappa shape index (κ3) is 3.36. The Morgan fingerprint density at radius 1 is 1.56 bits per heavy atom. The molecule has 1 fully saturated rings. The average Bonchev–Trinajstić information content (AvgIpc) is 3.08. The number of fused-ring (bicyclic) bond motifs is 1. The van der Waals surface area contributed by atoms with E-state index in [2.05, 4.69) is 9.97 Å². The van der Waals surface area contributed by atoms with E-state index in [9.17, 15) is 14.8 Å². The van der Waals surface area contributed by atoms with Gasteiger partial charge in [0.15, 0.2) is 20.3 Å². The lowest BCUT2D eigenvalue weighted by Crippen LogP contribution is -2.46. The smallest absolute Gasteiger partial charge is 0.262 e. The fourth-order valence-corrected chi connectivity index (χ4v) is 3.72. The van der Waals surface area contributed by atoms with E-state index < -0.39 is 38.8 Å². The Hall–Kier alpha value is -1.59. The van der Waals surface area contributed by atoms with Crippen LogP contribution in [-0.2, 0) is 14.0 Å². The number of hydrogen-bond donors (Lipinski definition) is 5. The highest BCUT2D eigenvalue weighted by Gasteiger charge is 2.55. The van der Waals surface area contributed by atoms with Gasteiger partial charge in [0.05, 0.1) is 12.0 Å². The van der Waals surface area contributed by atoms with Gasteiger partial charge < -0.3 is 39.4 Å². The Bertz CT molecular complexity index is 887. The molecule has 1 aliphatic rings. The highest BCUT2D eigenvalue weighted by Crippen LogP contribution is 2.43. The van der Waals surface area contributed by atoms with Crippen LogP contribution < -0.4 is 11.3 Å². The third-order valence-corrected chi connectivity index (χ3v) is 5.51. The van der Waals surface area contributed by atoms with Crippen LogP contribution in [-0.4, -0.2) is 67.5 Å². The van der Waals surface area contributed by atoms with Crippen LogP contribution >= 0.6 is 8.38 Å². The zero-order chi connectivity index (χ0) is 19.9. The second kappa shape index (κ2) is 7.44. The number of rotatable bonds is 6. The standard InChI is InChI=1S/C15H23N4O7P/c1-7-4-19(11-9(7)12(22)18-14(16)17-11)13-15(2,24-3)10(21)8(26-13)5-25-27(23)6-20/h4,8,10,13,20-21,23H,5-6H2,1-3H3,(H3,16,17,18,22)/t8-,10?,13-,15-,27?/m1/s1. The molecule has 11 nitrogen and oxygen atoms in total. The molecule has 0 amide bonds. The van der Waals surface area contributed by atoms with Crippen molar-refractivity contribution in [2.24, 2.45) is 0 Å². The van der Waals surface area contributed by atoms with E-state index in [1.165, 1.54) is 7.11 Å². The van der Waals surface area contributed by atoms with E-state index in [1.54, 1.807) is 24.6 Å². The van der Waals surface area contributed by atoms with Crippen molar-refractivity contribution < 1.29 is 29.1 Å². The lowest BCUT2D eigenvalue weighted by Gasteiger charge is -2.32. The Morgan fingerprint density at radius 3 is 2.89 bits per heavy atom. The summed E-state index contributed by atoms with van der Waals surface area (Å²) in [7, 11) is -0.574. The molecule has 1 saturated heterocycles. The van der Waals surface area contributed by atoms with Crippen molar-refractivity contribution in [1.29, 1.82) is 0 Å². The molecule has 0 spiro atoms. The molecule has 27 heavy (non-hydrogen) atoms. The average molecular weight is 402 g/mol. The number of aliphatic hydroxyl groups is 2. The molecule has 0 saturated carbocycles. The van der Waals surface area contributed by atoms with Crippen LogP contribution in [0.1, 0.15) is 18.7 Å². The van der Waals surface area contributed by atoms with Crippen LogP contribution in [0.4, 0.5) is 5.95 Å². The molecular formula is C15H23N4O7P. The maximum absolute atomic E-state index is 12.2. The van der Waals surface area contributed by atoms with Crippen molar-refractivity contribution in [3.8, 4) is 0 Å². The van der Waals surface area contributed by atoms with Crippen molar-refractivity contribution in [2.75, 3.05) is 25.8 Å². The first kappa shape index (κ1) is 20.2. The van der Waals surface area contributed by atoms with Crippen molar-refractivity contribution in [1.82, 2.24) is 14.5 Å². The number of aryl methyl sites for hydroxylation is 1. The first-order valence-corrected chi connectivity index (χ1v) is 9.58. The van der Waals surface area contributed by atoms with Gasteiger partial charge in [-0.2, -0.15) is 4.98 Å². The minimum Gasteiger partial charge on any atom is -0.387 e. The Labute approximate surface area is 155 Å². The van der Waals surface area contributed by atoms with Crippen molar-refractivity contribution in [2.45, 2.75) is 37.9 Å². The molecule has 6 N–H and O–H groups in total. The monoisotopic (exact) mass is 402 g/mol. The number of aliphatic hydroxyl groups excluding tert-OH is 2. The number of methoxy groups -OCH3 is 1. The van der Waals surface area contributed by atoms with Crippen molar-refractivity contribution >= 4 is 25.4 Å². The zero-order valence-corrected chi connectivity index (χ0v) is 16.0. The number of anilines is 1. The Morgan fingerprint density at radius 2 is 2.26 bits per heavy atom. The lowest BCUT2D eigenvalue weighted by molar-refractivity contribution is -0.118. The van der Waals surface area contributed by atoms with Gasteiger partial charge in [0.25, 0.3) is 5.56 Å². The van der Waals surface area contributed by atoms with E-state index >= 15 is 0 Å². The number of aromatic amines is 1. The predicted molar refractivity (Wildman–Crippen MR) is 97.0 cm³/mol. The SMILES string of the molecule is CO[C@]1(C)C(O)[C@@H](COP(O)CO)O[C@H]1n1cc(C)c2c(=O)[nH]c(N)nc21. The molecule has 12 heteroatoms. The van der Waals surface area contributed by atoms with Crippen LogP contribution in [0.15, 0.2) is 11.0 Å². The minimum absolute atomic E-state index is 0.0433. The van der Waals surface area contributed by atoms with Gasteiger partial charge in [-0.05, 0) is 19.4 Å². The first-order chi connectivity index (χ1) is 12.7. The number of nitrogens with one attached hydrogen (secondary N) is 1. The summed E-state index contributed by atoms with van der Waals surface area (Å²) < 4.78 is 18.2. The normalized spacial score (nSPS) is 29.5. The molecule has 5 atom stereocenters. The minimum atomic E-state index is -2.01. The molecule has 0 radical (unpaired) electrons. The molecule has 2 aromatic rings. The van der Waals surface area contributed by atoms with Crippen LogP contribution in [0.5, 0.6) is 0 Å². The van der Waals surface area contributed by atoms with Crippen LogP contribution in [0.25, 0.3) is 11.0 Å². The second-order valence-electron chi connectivity index (χ2n) is 6.52. The molecule has 3 heterocycles. The van der Waals surface area contributed by atoms with Crippen LogP contribution in [0.3, 0.4) is 0 Å². The molecule has 1 aliphatic heterocycles. The van der Waals surface area contributed by atoms with E-state index in [4.69, 9.17) is 24.8 Å². The Balaban J connectivity index is 2.02. The molecule has 0 aromatic carbocycles. The highest BCUT2D eigenvalue weighted by molar-refractivity contribution is 7.45. The van der Waals surface area contributed by atoms with Gasteiger partial charge in [0, 0.05) is 13.3 Å². The number of ether oxygens (including phenoxy) is 2. The summed E-state index contributed by atoms with van der Waals surface area (Å²) in [6.45, 7) is 3.27. The summed E-state index contributed by atoms with van der Waals surface area (Å²) in [5.74, 6) is -0.0433. The number of aromatic nitrogens is 3. The Kier molecular flexibility index (Phi) is 5.55. The maximum Gasteiger partial charge on any atom is 0.262 e. The summed E-state index contributed by atoms with van der Waals surface area (Å²) in [4.78, 5) is 28.3. The molecule has 0 bridgehead atoms. The molecule has 0 aliphatic carbocycles. The molecular weight excluding hydrogens is 379 g/mol. The van der Waals surface area contributed by atoms with Gasteiger partial charge in [0.2, 0.25) is 5.95 Å². The number of nitrogens with zero attached hydrogens (tertiary/aromatic N) is 2. The zero-order valence-electron chi connectivity index (χ0n) is 15.1. The topological polar surface area (TPSA) is 165 Å². The van der Waals surface area contributed by atoms with Crippen LogP contribution in [0.2, 0.25) is 0 Å². The second-order valence-corrected chi connectivity index (χ2v) is 7.76. The maximum atomic E-state index is 12.2. The van der Waals surface area contributed by atoms with Gasteiger partial charge in [-0.1, -0.05) is 0 Å². The number of nitrogens with two attached hydrogens (primary N) is 1. The van der Waals surface area contributed by atoms with E-state index in [-0.39, 0.29) is 18.1 Å². The van der Waals surface area contributed by atoms with E-state index in [0.717, 1.165) is 0 Å². The largest absolute Gasteiger partial charge is 0.387 e. The number of hydrogen-bond acceptors (Lipinski definition) is 9. The molecule has 3 rings (SSSR count). The highest BCUT2D eigenvalue weighted by atomic mass is 31.2. The van der Waals surface area contributed by atoms with Gasteiger partial charge >= 0.3 is 0 Å². The summed E-state index contributed by atoms with van der Waals surface area (Å²) in [6, 6.07) is 0. The van der Waals surface area contributed by atoms with Gasteiger partial charge in [-0.3, -0.25) is 9.78 Å². The van der Waals surface area contributed by atoms with Gasteiger partial charge in [0.1, 0.15) is 24.2 Å². The van der Waals surface area contributed by atoms with Crippen molar-refractivity contribution in [3.63, 3.8) is 0 Å². The molecule has 2 unspecified atom stereocenters. The summed E-state index contributed by atoms with van der Waals surface area (Å²) in [5, 5.41) is 20.0. The summed E-state index contributed by atoms with van der Waals surface area (Å²) in [5.41, 5.74) is 5.08. The van der Waals surface area contributed by atoms with Gasteiger partial charge in [-0.15, -0.1) is 0 Å².